The molecule has 0 spiro atoms. The molecule has 0 aromatic heterocycles. The molecule has 280 valence electrons. The second-order valence-electron chi connectivity index (χ2n) is 15.4. The van der Waals surface area contributed by atoms with Crippen molar-refractivity contribution in [2.45, 2.75) is 193 Å². The van der Waals surface area contributed by atoms with E-state index in [2.05, 4.69) is 81.5 Å². The van der Waals surface area contributed by atoms with E-state index in [1.54, 1.807) is 0 Å². The van der Waals surface area contributed by atoms with E-state index >= 15 is 0 Å². The first-order valence-corrected chi connectivity index (χ1v) is 21.2. The van der Waals surface area contributed by atoms with Gasteiger partial charge in [0.1, 0.15) is 11.9 Å². The van der Waals surface area contributed by atoms with Crippen LogP contribution in [0.5, 0.6) is 0 Å². The lowest BCUT2D eigenvalue weighted by atomic mass is 9.75. The van der Waals surface area contributed by atoms with Crippen LogP contribution in [-0.4, -0.2) is 37.4 Å². The molecule has 1 saturated carbocycles. The van der Waals surface area contributed by atoms with Gasteiger partial charge in [-0.2, -0.15) is 0 Å². The molecule has 1 aliphatic carbocycles. The van der Waals surface area contributed by atoms with Gasteiger partial charge in [0.25, 0.3) is 0 Å². The van der Waals surface area contributed by atoms with Crippen LogP contribution in [0.1, 0.15) is 187 Å². The molecule has 0 bridgehead atoms. The molecule has 1 heterocycles. The summed E-state index contributed by atoms with van der Waals surface area (Å²) in [6.07, 6.45) is 51.2. The van der Waals surface area contributed by atoms with E-state index in [1.807, 2.05) is 0 Å². The summed E-state index contributed by atoms with van der Waals surface area (Å²) in [5.41, 5.74) is 1.11. The highest BCUT2D eigenvalue weighted by molar-refractivity contribution is 5.96. The zero-order valence-corrected chi connectivity index (χ0v) is 32.9. The van der Waals surface area contributed by atoms with E-state index in [4.69, 9.17) is 4.74 Å². The van der Waals surface area contributed by atoms with Gasteiger partial charge in [-0.3, -0.25) is 4.79 Å². The van der Waals surface area contributed by atoms with Crippen LogP contribution in [0.4, 0.5) is 0 Å². The molecule has 0 radical (unpaired) electrons. The van der Waals surface area contributed by atoms with E-state index in [0.29, 0.717) is 24.0 Å². The van der Waals surface area contributed by atoms with Crippen molar-refractivity contribution in [2.75, 3.05) is 20.6 Å². The van der Waals surface area contributed by atoms with Crippen LogP contribution in [0.2, 0.25) is 0 Å². The molecule has 0 aromatic rings. The summed E-state index contributed by atoms with van der Waals surface area (Å²) in [7, 11) is 4.36. The normalized spacial score (nSPS) is 19.8. The minimum atomic E-state index is 0.245. The van der Waals surface area contributed by atoms with Gasteiger partial charge in [0.05, 0.1) is 0 Å². The lowest BCUT2D eigenvalue weighted by Crippen LogP contribution is -2.34. The third-order valence-corrected chi connectivity index (χ3v) is 10.5. The number of allylic oxidation sites excluding steroid dienone is 9. The molecule has 0 N–H and O–H groups in total. The van der Waals surface area contributed by atoms with E-state index < -0.39 is 0 Å². The fourth-order valence-electron chi connectivity index (χ4n) is 7.69. The van der Waals surface area contributed by atoms with E-state index in [0.717, 1.165) is 62.8 Å². The number of fused-ring (bicyclic) bond motifs is 1. The fourth-order valence-corrected chi connectivity index (χ4v) is 7.69. The van der Waals surface area contributed by atoms with Crippen LogP contribution in [0.15, 0.2) is 59.9 Å². The maximum Gasteiger partial charge on any atom is 0.162 e. The highest BCUT2D eigenvalue weighted by atomic mass is 16.5. The van der Waals surface area contributed by atoms with Crippen LogP contribution in [0, 0.1) is 11.8 Å². The lowest BCUT2D eigenvalue weighted by molar-refractivity contribution is -0.116. The Bertz CT molecular complexity index is 970. The van der Waals surface area contributed by atoms with Crippen molar-refractivity contribution in [2.24, 2.45) is 11.8 Å². The zero-order valence-electron chi connectivity index (χ0n) is 32.9. The van der Waals surface area contributed by atoms with Crippen molar-refractivity contribution in [1.82, 2.24) is 4.90 Å². The first kappa shape index (κ1) is 43.3. The Morgan fingerprint density at radius 2 is 1.12 bits per heavy atom. The molecule has 1 fully saturated rings. The predicted molar refractivity (Wildman–Crippen MR) is 215 cm³/mol. The van der Waals surface area contributed by atoms with Gasteiger partial charge >= 0.3 is 0 Å². The Hall–Kier alpha value is -1.87. The van der Waals surface area contributed by atoms with Gasteiger partial charge < -0.3 is 9.64 Å². The van der Waals surface area contributed by atoms with E-state index in [1.165, 1.54) is 122 Å². The highest BCUT2D eigenvalue weighted by Crippen LogP contribution is 2.45. The van der Waals surface area contributed by atoms with Crippen molar-refractivity contribution in [3.05, 3.63) is 59.9 Å². The van der Waals surface area contributed by atoms with Crippen molar-refractivity contribution >= 4 is 5.78 Å². The quantitative estimate of drug-likeness (QED) is 0.0540. The molecule has 0 aromatic carbocycles. The van der Waals surface area contributed by atoms with Crippen LogP contribution >= 0.6 is 0 Å². The van der Waals surface area contributed by atoms with Crippen molar-refractivity contribution in [3.63, 3.8) is 0 Å². The number of ether oxygens (including phenoxy) is 1. The summed E-state index contributed by atoms with van der Waals surface area (Å²) < 4.78 is 6.62. The van der Waals surface area contributed by atoms with Gasteiger partial charge in [-0.1, -0.05) is 127 Å². The summed E-state index contributed by atoms with van der Waals surface area (Å²) >= 11 is 0. The minimum absolute atomic E-state index is 0.245. The minimum Gasteiger partial charge on any atom is -0.494 e. The van der Waals surface area contributed by atoms with Gasteiger partial charge in [0, 0.05) is 30.9 Å². The molecule has 0 saturated heterocycles. The smallest absolute Gasteiger partial charge is 0.162 e. The monoisotopic (exact) mass is 678 g/mol. The number of carbonyl (C=O) groups is 1. The number of hydrogen-bond acceptors (Lipinski definition) is 3. The number of carbonyl (C=O) groups excluding carboxylic acids is 1. The average Bonchev–Trinajstić information content (AvgIpc) is 3.45. The van der Waals surface area contributed by atoms with Crippen LogP contribution in [0.25, 0.3) is 0 Å². The van der Waals surface area contributed by atoms with E-state index in [9.17, 15) is 4.79 Å². The van der Waals surface area contributed by atoms with Crippen molar-refractivity contribution in [3.8, 4) is 0 Å². The number of rotatable bonds is 31. The van der Waals surface area contributed by atoms with Gasteiger partial charge in [0.2, 0.25) is 0 Å². The molecule has 0 amide bonds. The highest BCUT2D eigenvalue weighted by Gasteiger charge is 2.43. The first-order valence-electron chi connectivity index (χ1n) is 21.2. The summed E-state index contributed by atoms with van der Waals surface area (Å²) in [5, 5.41) is 0. The second-order valence-corrected chi connectivity index (χ2v) is 15.4. The maximum atomic E-state index is 13.8. The Morgan fingerprint density at radius 3 is 1.65 bits per heavy atom. The number of nitrogens with zero attached hydrogens (tertiary/aromatic N) is 1. The summed E-state index contributed by atoms with van der Waals surface area (Å²) in [6, 6.07) is 0. The Morgan fingerprint density at radius 1 is 0.633 bits per heavy atom. The molecular formula is C46H79NO2. The average molecular weight is 678 g/mol. The number of unbranched alkanes of at least 4 members (excludes halogenated alkanes) is 16. The largest absolute Gasteiger partial charge is 0.494 e. The van der Waals surface area contributed by atoms with Gasteiger partial charge in [0.15, 0.2) is 5.78 Å². The number of hydrogen-bond donors (Lipinski definition) is 0. The predicted octanol–water partition coefficient (Wildman–Crippen LogP) is 13.8. The maximum absolute atomic E-state index is 13.8. The third-order valence-electron chi connectivity index (χ3n) is 10.5. The number of ketones is 1. The lowest BCUT2D eigenvalue weighted by Gasteiger charge is -2.33. The van der Waals surface area contributed by atoms with Crippen molar-refractivity contribution in [1.29, 1.82) is 0 Å². The summed E-state index contributed by atoms with van der Waals surface area (Å²) in [5.74, 6) is 2.49. The molecule has 3 heteroatoms. The fraction of sp³-hybridized carbons (Fsp3) is 0.761. The summed E-state index contributed by atoms with van der Waals surface area (Å²) in [6.45, 7) is 5.65. The molecular weight excluding hydrogens is 599 g/mol. The van der Waals surface area contributed by atoms with Gasteiger partial charge in [-0.05, 0) is 116 Å². The van der Waals surface area contributed by atoms with Gasteiger partial charge in [-0.25, -0.2) is 0 Å². The second kappa shape index (κ2) is 29.8. The standard InChI is InChI=1S/C46H79NO2/c1-5-7-9-11-13-15-17-19-21-23-25-27-29-31-33-35-43(48)46-42-39-41(40-47(3)4)37-38-44(42)49-45(46)36-34-32-30-28-26-24-22-20-18-16-14-12-10-8-6-2/h13-16,19-22,41-42,44H,5-12,17-18,23-40H2,1-4H3. The molecule has 2 aliphatic rings. The van der Waals surface area contributed by atoms with Crippen LogP contribution in [-0.2, 0) is 9.53 Å². The molecule has 1 aliphatic heterocycles. The van der Waals surface area contributed by atoms with Crippen molar-refractivity contribution < 1.29 is 9.53 Å². The third kappa shape index (κ3) is 21.2. The molecule has 49 heavy (non-hydrogen) atoms. The molecule has 3 nitrogen and oxygen atoms in total. The first-order chi connectivity index (χ1) is 24.1. The summed E-state index contributed by atoms with van der Waals surface area (Å²) in [4.78, 5) is 16.1. The number of Topliss-reactive ketones (excluding diaryl/α,β-unsaturated/α-hetero) is 1. The Kier molecular flexibility index (Phi) is 26.3. The SMILES string of the molecule is CCCCCC=CCC=CCCCCCCCC(=O)C1=C(CCCCCCCC=CCC=CCCCCC)OC2CCC(CN(C)C)CC12. The molecule has 3 unspecified atom stereocenters. The topological polar surface area (TPSA) is 29.5 Å². The Balaban J connectivity index is 1.69. The van der Waals surface area contributed by atoms with E-state index in [-0.39, 0.29) is 6.10 Å². The Labute approximate surface area is 305 Å². The molecule has 3 atom stereocenters. The van der Waals surface area contributed by atoms with Gasteiger partial charge in [-0.15, -0.1) is 0 Å². The van der Waals surface area contributed by atoms with Crippen LogP contribution in [0.3, 0.4) is 0 Å². The van der Waals surface area contributed by atoms with Crippen LogP contribution < -0.4 is 0 Å². The molecule has 2 rings (SSSR count). The zero-order chi connectivity index (χ0) is 35.2.